The van der Waals surface area contributed by atoms with Crippen LogP contribution in [-0.2, 0) is 11.2 Å². The number of benzene rings is 1. The fourth-order valence-corrected chi connectivity index (χ4v) is 1.74. The van der Waals surface area contributed by atoms with E-state index in [0.29, 0.717) is 10.0 Å². The Morgan fingerprint density at radius 2 is 2.00 bits per heavy atom. The molecule has 0 unspecified atom stereocenters. The molecule has 0 heterocycles. The molecule has 0 aliphatic carbocycles. The maximum absolute atomic E-state index is 11.0. The molecule has 0 aliphatic rings. The topological polar surface area (TPSA) is 74.6 Å². The highest BCUT2D eigenvalue weighted by molar-refractivity contribution is 9.10. The molecular formula is C10H9BrO4. The van der Waals surface area contributed by atoms with E-state index in [0.717, 1.165) is 0 Å². The molecule has 1 aromatic rings. The number of aromatic hydroxyl groups is 1. The van der Waals surface area contributed by atoms with Crippen LogP contribution in [0.15, 0.2) is 16.6 Å². The monoisotopic (exact) mass is 272 g/mol. The van der Waals surface area contributed by atoms with Crippen LogP contribution >= 0.6 is 15.9 Å². The first kappa shape index (κ1) is 11.7. The Hall–Kier alpha value is -1.36. The average molecular weight is 273 g/mol. The van der Waals surface area contributed by atoms with Gasteiger partial charge in [-0.3, -0.25) is 4.79 Å². The molecule has 0 aromatic heterocycles. The number of halogens is 1. The summed E-state index contributed by atoms with van der Waals surface area (Å²) in [6.07, 6.45) is -0.0172. The molecule has 0 saturated heterocycles. The van der Waals surface area contributed by atoms with Gasteiger partial charge in [0.15, 0.2) is 0 Å². The average Bonchev–Trinajstić information content (AvgIpc) is 2.10. The van der Waals surface area contributed by atoms with Gasteiger partial charge in [0.2, 0.25) is 0 Å². The van der Waals surface area contributed by atoms with Gasteiger partial charge in [-0.05, 0) is 24.6 Å². The lowest BCUT2D eigenvalue weighted by atomic mass is 10.0. The van der Waals surface area contributed by atoms with Gasteiger partial charge in [-0.25, -0.2) is 4.79 Å². The van der Waals surface area contributed by atoms with Crippen molar-refractivity contribution in [3.05, 3.63) is 27.7 Å². The molecule has 1 rings (SSSR count). The highest BCUT2D eigenvalue weighted by Gasteiger charge is 2.18. The zero-order valence-electron chi connectivity index (χ0n) is 7.95. The molecule has 80 valence electrons. The molecule has 0 bridgehead atoms. The van der Waals surface area contributed by atoms with Crippen LogP contribution < -0.4 is 0 Å². The predicted molar refractivity (Wildman–Crippen MR) is 57.2 cm³/mol. The van der Waals surface area contributed by atoms with Gasteiger partial charge in [-0.15, -0.1) is 0 Å². The molecule has 0 spiro atoms. The Morgan fingerprint density at radius 3 is 2.47 bits per heavy atom. The van der Waals surface area contributed by atoms with Crippen molar-refractivity contribution in [1.29, 1.82) is 0 Å². The second-order valence-corrected chi connectivity index (χ2v) is 3.96. The van der Waals surface area contributed by atoms with Gasteiger partial charge in [0.1, 0.15) is 17.1 Å². The third-order valence-corrected chi connectivity index (χ3v) is 2.62. The van der Waals surface area contributed by atoms with Crippen LogP contribution in [0.1, 0.15) is 22.8 Å². The third kappa shape index (κ3) is 2.56. The second-order valence-electron chi connectivity index (χ2n) is 3.10. The van der Waals surface area contributed by atoms with Gasteiger partial charge in [-0.2, -0.15) is 0 Å². The van der Waals surface area contributed by atoms with Gasteiger partial charge in [0.25, 0.3) is 0 Å². The Kier molecular flexibility index (Phi) is 3.47. The van der Waals surface area contributed by atoms with Crippen molar-refractivity contribution in [2.24, 2.45) is 0 Å². The fraction of sp³-hybridized carbons (Fsp3) is 0.200. The van der Waals surface area contributed by atoms with Crippen molar-refractivity contribution < 1.29 is 19.8 Å². The summed E-state index contributed by atoms with van der Waals surface area (Å²) in [6.45, 7) is 1.36. The first-order chi connectivity index (χ1) is 6.93. The van der Waals surface area contributed by atoms with E-state index in [-0.39, 0.29) is 23.5 Å². The lowest BCUT2D eigenvalue weighted by Crippen LogP contribution is -2.07. The van der Waals surface area contributed by atoms with E-state index in [4.69, 9.17) is 5.11 Å². The Bertz CT molecular complexity index is 426. The number of hydrogen-bond acceptors (Lipinski definition) is 3. The highest BCUT2D eigenvalue weighted by atomic mass is 79.9. The number of carbonyl (C=O) groups is 2. The van der Waals surface area contributed by atoms with Crippen LogP contribution in [0.4, 0.5) is 0 Å². The third-order valence-electron chi connectivity index (χ3n) is 1.87. The molecule has 0 aliphatic heterocycles. The van der Waals surface area contributed by atoms with E-state index >= 15 is 0 Å². The lowest BCUT2D eigenvalue weighted by molar-refractivity contribution is -0.116. The molecular weight excluding hydrogens is 264 g/mol. The number of ketones is 1. The number of rotatable bonds is 3. The standard InChI is InChI=1S/C10H9BrO4/c1-5(12)4-6-7(11)2-3-8(13)9(6)10(14)15/h2-3,13H,4H2,1H3,(H,14,15). The quantitative estimate of drug-likeness (QED) is 0.883. The summed E-state index contributed by atoms with van der Waals surface area (Å²) in [5, 5.41) is 18.3. The maximum atomic E-state index is 11.0. The first-order valence-corrected chi connectivity index (χ1v) is 4.96. The number of carbonyl (C=O) groups excluding carboxylic acids is 1. The molecule has 0 radical (unpaired) electrons. The zero-order valence-corrected chi connectivity index (χ0v) is 9.54. The Morgan fingerprint density at radius 1 is 1.40 bits per heavy atom. The van der Waals surface area contributed by atoms with Crippen molar-refractivity contribution in [3.63, 3.8) is 0 Å². The van der Waals surface area contributed by atoms with E-state index in [1.165, 1.54) is 19.1 Å². The summed E-state index contributed by atoms with van der Waals surface area (Å²) in [7, 11) is 0. The van der Waals surface area contributed by atoms with Gasteiger partial charge >= 0.3 is 5.97 Å². The Balaban J connectivity index is 3.38. The van der Waals surface area contributed by atoms with Crippen LogP contribution in [0.25, 0.3) is 0 Å². The van der Waals surface area contributed by atoms with Crippen molar-refractivity contribution in [2.75, 3.05) is 0 Å². The minimum absolute atomic E-state index is 0.0172. The molecule has 1 aromatic carbocycles. The molecule has 15 heavy (non-hydrogen) atoms. The first-order valence-electron chi connectivity index (χ1n) is 4.16. The van der Waals surface area contributed by atoms with Gasteiger partial charge in [-0.1, -0.05) is 15.9 Å². The largest absolute Gasteiger partial charge is 0.507 e. The van der Waals surface area contributed by atoms with Gasteiger partial charge < -0.3 is 10.2 Å². The smallest absolute Gasteiger partial charge is 0.339 e. The molecule has 2 N–H and O–H groups in total. The number of hydrogen-bond donors (Lipinski definition) is 2. The molecule has 0 atom stereocenters. The van der Waals surface area contributed by atoms with Gasteiger partial charge in [0.05, 0.1) is 0 Å². The number of aromatic carboxylic acids is 1. The van der Waals surface area contributed by atoms with Crippen molar-refractivity contribution >= 4 is 27.7 Å². The van der Waals surface area contributed by atoms with Crippen LogP contribution in [-0.4, -0.2) is 22.0 Å². The minimum atomic E-state index is -1.25. The van der Waals surface area contributed by atoms with Crippen molar-refractivity contribution in [3.8, 4) is 5.75 Å². The molecule has 0 fully saturated rings. The Labute approximate surface area is 94.7 Å². The van der Waals surface area contributed by atoms with E-state index in [9.17, 15) is 14.7 Å². The van der Waals surface area contributed by atoms with Gasteiger partial charge in [0, 0.05) is 10.9 Å². The zero-order chi connectivity index (χ0) is 11.6. The molecule has 5 heteroatoms. The maximum Gasteiger partial charge on any atom is 0.339 e. The number of carboxylic acid groups (broad SMARTS) is 1. The summed E-state index contributed by atoms with van der Waals surface area (Å²) >= 11 is 3.15. The lowest BCUT2D eigenvalue weighted by Gasteiger charge is -2.08. The summed E-state index contributed by atoms with van der Waals surface area (Å²) in [4.78, 5) is 21.8. The van der Waals surface area contributed by atoms with Crippen LogP contribution in [0, 0.1) is 0 Å². The fourth-order valence-electron chi connectivity index (χ4n) is 1.27. The summed E-state index contributed by atoms with van der Waals surface area (Å²) in [5.41, 5.74) is 0.0783. The minimum Gasteiger partial charge on any atom is -0.507 e. The SMILES string of the molecule is CC(=O)Cc1c(Br)ccc(O)c1C(=O)O. The van der Waals surface area contributed by atoms with E-state index in [1.807, 2.05) is 0 Å². The van der Waals surface area contributed by atoms with Crippen molar-refractivity contribution in [2.45, 2.75) is 13.3 Å². The molecule has 4 nitrogen and oxygen atoms in total. The highest BCUT2D eigenvalue weighted by Crippen LogP contribution is 2.28. The van der Waals surface area contributed by atoms with E-state index in [2.05, 4.69) is 15.9 Å². The molecule has 0 saturated carbocycles. The molecule has 0 amide bonds. The number of Topliss-reactive ketones (excluding diaryl/α,β-unsaturated/α-hetero) is 1. The summed E-state index contributed by atoms with van der Waals surface area (Å²) in [5.74, 6) is -1.74. The van der Waals surface area contributed by atoms with Crippen LogP contribution in [0.5, 0.6) is 5.75 Å². The predicted octanol–water partition coefficient (Wildman–Crippen LogP) is 1.98. The van der Waals surface area contributed by atoms with E-state index < -0.39 is 5.97 Å². The normalized spacial score (nSPS) is 10.0. The number of carboxylic acids is 1. The van der Waals surface area contributed by atoms with Crippen LogP contribution in [0.2, 0.25) is 0 Å². The van der Waals surface area contributed by atoms with Crippen molar-refractivity contribution in [1.82, 2.24) is 0 Å². The summed E-state index contributed by atoms with van der Waals surface area (Å²) in [6, 6.07) is 2.79. The van der Waals surface area contributed by atoms with Crippen LogP contribution in [0.3, 0.4) is 0 Å². The van der Waals surface area contributed by atoms with E-state index in [1.54, 1.807) is 0 Å². The number of phenols is 1. The second kappa shape index (κ2) is 4.44. The summed E-state index contributed by atoms with van der Waals surface area (Å²) < 4.78 is 0.507.